The molecule has 0 atom stereocenters. The first-order chi connectivity index (χ1) is 10.1. The van der Waals surface area contributed by atoms with Gasteiger partial charge in [-0.1, -0.05) is 6.92 Å². The van der Waals surface area contributed by atoms with E-state index in [-0.39, 0.29) is 5.56 Å². The number of nitrogens with one attached hydrogen (secondary N) is 1. The van der Waals surface area contributed by atoms with Gasteiger partial charge in [-0.3, -0.25) is 0 Å². The Balaban J connectivity index is 2.07. The van der Waals surface area contributed by atoms with Crippen LogP contribution in [-0.2, 0) is 0 Å². The minimum absolute atomic E-state index is 0.101. The van der Waals surface area contributed by atoms with E-state index in [1.54, 1.807) is 6.92 Å². The summed E-state index contributed by atoms with van der Waals surface area (Å²) in [7, 11) is 0. The summed E-state index contributed by atoms with van der Waals surface area (Å²) in [6, 6.07) is 7.43. The van der Waals surface area contributed by atoms with Crippen molar-refractivity contribution in [1.29, 1.82) is 0 Å². The second-order valence-electron chi connectivity index (χ2n) is 4.50. The molecule has 0 spiro atoms. The molecule has 2 aromatic rings. The van der Waals surface area contributed by atoms with Crippen molar-refractivity contribution in [2.45, 2.75) is 20.3 Å². The third kappa shape index (κ3) is 3.92. The van der Waals surface area contributed by atoms with Gasteiger partial charge in [-0.05, 0) is 37.6 Å². The maximum absolute atomic E-state index is 10.9. The van der Waals surface area contributed by atoms with Gasteiger partial charge >= 0.3 is 5.97 Å². The number of ether oxygens (including phenoxy) is 1. The van der Waals surface area contributed by atoms with E-state index in [4.69, 9.17) is 9.84 Å². The quantitative estimate of drug-likeness (QED) is 0.849. The van der Waals surface area contributed by atoms with Crippen LogP contribution in [0.2, 0.25) is 0 Å². The smallest absolute Gasteiger partial charge is 0.339 e. The standard InChI is InChI=1S/C15H17N3O3/c1-3-8-21-12-6-4-11(5-7-12)18-15-16-9-13(14(19)20)10(2)17-15/h4-7,9H,3,8H2,1-2H3,(H,19,20)(H,16,17,18). The molecule has 1 aromatic heterocycles. The van der Waals surface area contributed by atoms with Crippen molar-refractivity contribution in [2.24, 2.45) is 0 Å². The number of hydrogen-bond donors (Lipinski definition) is 2. The molecule has 0 saturated carbocycles. The fourth-order valence-corrected chi connectivity index (χ4v) is 1.72. The molecule has 1 heterocycles. The first-order valence-electron chi connectivity index (χ1n) is 6.67. The number of nitrogens with zero attached hydrogens (tertiary/aromatic N) is 2. The highest BCUT2D eigenvalue weighted by Gasteiger charge is 2.09. The lowest BCUT2D eigenvalue weighted by Gasteiger charge is -2.08. The monoisotopic (exact) mass is 287 g/mol. The van der Waals surface area contributed by atoms with E-state index >= 15 is 0 Å². The molecular weight excluding hydrogens is 270 g/mol. The third-order valence-corrected chi connectivity index (χ3v) is 2.79. The topological polar surface area (TPSA) is 84.3 Å². The second kappa shape index (κ2) is 6.69. The van der Waals surface area contributed by atoms with E-state index in [0.29, 0.717) is 18.2 Å². The van der Waals surface area contributed by atoms with Crippen molar-refractivity contribution in [2.75, 3.05) is 11.9 Å². The SMILES string of the molecule is CCCOc1ccc(Nc2ncc(C(=O)O)c(C)n2)cc1. The number of benzene rings is 1. The Morgan fingerprint density at radius 2 is 2.05 bits per heavy atom. The number of aromatic carboxylic acids is 1. The summed E-state index contributed by atoms with van der Waals surface area (Å²) in [5.74, 6) is 0.136. The van der Waals surface area contributed by atoms with Crippen LogP contribution in [0.25, 0.3) is 0 Å². The number of carbonyl (C=O) groups is 1. The molecule has 2 N–H and O–H groups in total. The lowest BCUT2D eigenvalue weighted by Crippen LogP contribution is -2.06. The fraction of sp³-hybridized carbons (Fsp3) is 0.267. The molecule has 0 aliphatic heterocycles. The number of carboxylic acids is 1. The molecule has 6 nitrogen and oxygen atoms in total. The number of anilines is 2. The van der Waals surface area contributed by atoms with Crippen LogP contribution in [0.15, 0.2) is 30.5 Å². The van der Waals surface area contributed by atoms with Crippen LogP contribution in [0.3, 0.4) is 0 Å². The van der Waals surface area contributed by atoms with E-state index < -0.39 is 5.97 Å². The molecule has 0 aliphatic carbocycles. The molecule has 0 fully saturated rings. The maximum atomic E-state index is 10.9. The molecule has 0 aliphatic rings. The molecule has 0 amide bonds. The number of hydrogen-bond acceptors (Lipinski definition) is 5. The van der Waals surface area contributed by atoms with Gasteiger partial charge in [-0.25, -0.2) is 14.8 Å². The van der Waals surface area contributed by atoms with Crippen molar-refractivity contribution in [1.82, 2.24) is 9.97 Å². The minimum atomic E-state index is -1.03. The van der Waals surface area contributed by atoms with Gasteiger partial charge in [0.25, 0.3) is 0 Å². The average Bonchev–Trinajstić information content (AvgIpc) is 2.46. The van der Waals surface area contributed by atoms with Crippen LogP contribution in [0.1, 0.15) is 29.4 Å². The zero-order valence-corrected chi connectivity index (χ0v) is 12.0. The Labute approximate surface area is 122 Å². The first-order valence-corrected chi connectivity index (χ1v) is 6.67. The Bertz CT molecular complexity index is 627. The Kier molecular flexibility index (Phi) is 4.71. The van der Waals surface area contributed by atoms with Gasteiger partial charge in [0.05, 0.1) is 17.9 Å². The van der Waals surface area contributed by atoms with Crippen LogP contribution < -0.4 is 10.1 Å². The summed E-state index contributed by atoms with van der Waals surface area (Å²) in [5.41, 5.74) is 1.33. The number of aromatic nitrogens is 2. The van der Waals surface area contributed by atoms with Crippen LogP contribution in [0.5, 0.6) is 5.75 Å². The minimum Gasteiger partial charge on any atom is -0.494 e. The molecule has 6 heteroatoms. The molecule has 0 bridgehead atoms. The summed E-state index contributed by atoms with van der Waals surface area (Å²) in [6.45, 7) is 4.38. The number of rotatable bonds is 6. The van der Waals surface area contributed by atoms with Crippen molar-refractivity contribution < 1.29 is 14.6 Å². The number of carboxylic acid groups (broad SMARTS) is 1. The van der Waals surface area contributed by atoms with Crippen molar-refractivity contribution >= 4 is 17.6 Å². The van der Waals surface area contributed by atoms with Gasteiger partial charge in [0, 0.05) is 11.9 Å². The van der Waals surface area contributed by atoms with Gasteiger partial charge < -0.3 is 15.2 Å². The normalized spacial score (nSPS) is 10.2. The largest absolute Gasteiger partial charge is 0.494 e. The second-order valence-corrected chi connectivity index (χ2v) is 4.50. The van der Waals surface area contributed by atoms with Crippen LogP contribution >= 0.6 is 0 Å². The van der Waals surface area contributed by atoms with E-state index in [2.05, 4.69) is 22.2 Å². The molecule has 0 saturated heterocycles. The Morgan fingerprint density at radius 1 is 1.33 bits per heavy atom. The maximum Gasteiger partial charge on any atom is 0.339 e. The predicted molar refractivity (Wildman–Crippen MR) is 79.2 cm³/mol. The fourth-order valence-electron chi connectivity index (χ4n) is 1.72. The molecule has 1 aromatic carbocycles. The first kappa shape index (κ1) is 14.8. The predicted octanol–water partition coefficient (Wildman–Crippen LogP) is 3.02. The lowest BCUT2D eigenvalue weighted by molar-refractivity contribution is 0.0695. The molecule has 0 unspecified atom stereocenters. The summed E-state index contributed by atoms with van der Waals surface area (Å²) < 4.78 is 5.50. The van der Waals surface area contributed by atoms with Gasteiger partial charge in [0.1, 0.15) is 5.75 Å². The highest BCUT2D eigenvalue weighted by atomic mass is 16.5. The van der Waals surface area contributed by atoms with Crippen LogP contribution in [0, 0.1) is 6.92 Å². The zero-order chi connectivity index (χ0) is 15.2. The highest BCUT2D eigenvalue weighted by molar-refractivity contribution is 5.88. The Morgan fingerprint density at radius 3 is 2.62 bits per heavy atom. The number of aryl methyl sites for hydroxylation is 1. The Hall–Kier alpha value is -2.63. The van der Waals surface area contributed by atoms with Crippen LogP contribution in [0.4, 0.5) is 11.6 Å². The highest BCUT2D eigenvalue weighted by Crippen LogP contribution is 2.18. The van der Waals surface area contributed by atoms with Crippen molar-refractivity contribution in [3.8, 4) is 5.75 Å². The van der Waals surface area contributed by atoms with Crippen molar-refractivity contribution in [3.63, 3.8) is 0 Å². The van der Waals surface area contributed by atoms with E-state index in [1.807, 2.05) is 24.3 Å². The van der Waals surface area contributed by atoms with Gasteiger partial charge in [0.15, 0.2) is 0 Å². The third-order valence-electron chi connectivity index (χ3n) is 2.79. The van der Waals surface area contributed by atoms with E-state index in [0.717, 1.165) is 17.9 Å². The zero-order valence-electron chi connectivity index (χ0n) is 12.0. The molecule has 110 valence electrons. The summed E-state index contributed by atoms with van der Waals surface area (Å²) >= 11 is 0. The van der Waals surface area contributed by atoms with E-state index in [1.165, 1.54) is 6.20 Å². The molecule has 2 rings (SSSR count). The molecule has 21 heavy (non-hydrogen) atoms. The lowest BCUT2D eigenvalue weighted by atomic mass is 10.2. The van der Waals surface area contributed by atoms with Crippen LogP contribution in [-0.4, -0.2) is 27.7 Å². The summed E-state index contributed by atoms with van der Waals surface area (Å²) in [5, 5.41) is 12.0. The summed E-state index contributed by atoms with van der Waals surface area (Å²) in [4.78, 5) is 19.0. The molecule has 0 radical (unpaired) electrons. The summed E-state index contributed by atoms with van der Waals surface area (Å²) in [6.07, 6.45) is 2.26. The van der Waals surface area contributed by atoms with Crippen molar-refractivity contribution in [3.05, 3.63) is 41.7 Å². The van der Waals surface area contributed by atoms with Gasteiger partial charge in [-0.15, -0.1) is 0 Å². The van der Waals surface area contributed by atoms with Gasteiger partial charge in [-0.2, -0.15) is 0 Å². The average molecular weight is 287 g/mol. The van der Waals surface area contributed by atoms with E-state index in [9.17, 15) is 4.79 Å². The molecular formula is C15H17N3O3. The van der Waals surface area contributed by atoms with Gasteiger partial charge in [0.2, 0.25) is 5.95 Å².